The predicted molar refractivity (Wildman–Crippen MR) is 48.6 cm³/mol. The summed E-state index contributed by atoms with van der Waals surface area (Å²) in [6.07, 6.45) is 0.693. The van der Waals surface area contributed by atoms with E-state index in [4.69, 9.17) is 5.11 Å². The molecule has 2 N–H and O–H groups in total. The van der Waals surface area contributed by atoms with E-state index in [1.54, 1.807) is 0 Å². The first kappa shape index (κ1) is 8.72. The van der Waals surface area contributed by atoms with Crippen LogP contribution in [0.25, 0.3) is 0 Å². The van der Waals surface area contributed by atoms with Crippen LogP contribution in [0.3, 0.4) is 0 Å². The molecule has 1 aliphatic rings. The van der Waals surface area contributed by atoms with E-state index in [9.17, 15) is 9.90 Å². The van der Waals surface area contributed by atoms with Crippen molar-refractivity contribution in [2.45, 2.75) is 18.4 Å². The molecule has 1 heterocycles. The fraction of sp³-hybridized carbons (Fsp3) is 0.444. The lowest BCUT2D eigenvalue weighted by Gasteiger charge is -2.41. The monoisotopic (exact) mass is 198 g/mol. The topological polar surface area (TPSA) is 57.5 Å². The minimum Gasteiger partial charge on any atom is -0.481 e. The van der Waals surface area contributed by atoms with Gasteiger partial charge in [0.2, 0.25) is 0 Å². The molecule has 3 nitrogen and oxygen atoms in total. The fourth-order valence-electron chi connectivity index (χ4n) is 1.70. The van der Waals surface area contributed by atoms with E-state index in [1.165, 1.54) is 11.3 Å². The van der Waals surface area contributed by atoms with Crippen LogP contribution < -0.4 is 0 Å². The summed E-state index contributed by atoms with van der Waals surface area (Å²) in [5, 5.41) is 22.4. The van der Waals surface area contributed by atoms with Crippen LogP contribution in [-0.4, -0.2) is 16.2 Å². The molecule has 70 valence electrons. The molecule has 0 aliphatic heterocycles. The lowest BCUT2D eigenvalue weighted by molar-refractivity contribution is -0.159. The van der Waals surface area contributed by atoms with Gasteiger partial charge in [0.25, 0.3) is 0 Å². The second kappa shape index (κ2) is 2.82. The van der Waals surface area contributed by atoms with E-state index >= 15 is 0 Å². The molecule has 2 rings (SSSR count). The minimum absolute atomic E-state index is 0.346. The van der Waals surface area contributed by atoms with Crippen molar-refractivity contribution in [2.24, 2.45) is 5.92 Å². The highest BCUT2D eigenvalue weighted by molar-refractivity contribution is 7.08. The van der Waals surface area contributed by atoms with Crippen molar-refractivity contribution in [3.63, 3.8) is 0 Å². The van der Waals surface area contributed by atoms with Gasteiger partial charge in [-0.1, -0.05) is 0 Å². The van der Waals surface area contributed by atoms with E-state index in [0.717, 1.165) is 5.56 Å². The van der Waals surface area contributed by atoms with Gasteiger partial charge in [-0.15, -0.1) is 0 Å². The molecule has 0 unspecified atom stereocenters. The third-order valence-electron chi connectivity index (χ3n) is 2.58. The normalized spacial score (nSPS) is 32.5. The highest BCUT2D eigenvalue weighted by Crippen LogP contribution is 2.46. The van der Waals surface area contributed by atoms with Gasteiger partial charge in [0.05, 0.1) is 11.5 Å². The van der Waals surface area contributed by atoms with Crippen molar-refractivity contribution in [3.8, 4) is 0 Å². The van der Waals surface area contributed by atoms with E-state index in [-0.39, 0.29) is 5.92 Å². The van der Waals surface area contributed by atoms with Crippen LogP contribution in [0.5, 0.6) is 0 Å². The first-order valence-electron chi connectivity index (χ1n) is 4.10. The molecule has 0 saturated heterocycles. The number of hydrogen-bond donors (Lipinski definition) is 2. The maximum atomic E-state index is 10.5. The van der Waals surface area contributed by atoms with E-state index in [1.807, 2.05) is 16.8 Å². The van der Waals surface area contributed by atoms with Crippen LogP contribution in [0.15, 0.2) is 16.8 Å². The lowest BCUT2D eigenvalue weighted by Crippen LogP contribution is -2.44. The zero-order valence-electron chi connectivity index (χ0n) is 6.93. The number of carboxylic acid groups (broad SMARTS) is 1. The largest absolute Gasteiger partial charge is 0.481 e. The zero-order valence-corrected chi connectivity index (χ0v) is 7.75. The Bertz CT molecular complexity index is 312. The summed E-state index contributed by atoms with van der Waals surface area (Å²) < 4.78 is 0. The summed E-state index contributed by atoms with van der Waals surface area (Å²) >= 11 is 1.52. The van der Waals surface area contributed by atoms with Gasteiger partial charge >= 0.3 is 5.97 Å². The summed E-state index contributed by atoms with van der Waals surface area (Å²) in [6, 6.07) is 1.85. The van der Waals surface area contributed by atoms with Crippen molar-refractivity contribution < 1.29 is 15.0 Å². The number of hydrogen-bond acceptors (Lipinski definition) is 3. The van der Waals surface area contributed by atoms with Crippen molar-refractivity contribution >= 4 is 17.3 Å². The minimum atomic E-state index is -0.872. The smallest absolute Gasteiger partial charge is 0.306 e. The average Bonchev–Trinajstić information content (AvgIpc) is 2.49. The van der Waals surface area contributed by atoms with Crippen LogP contribution in [-0.2, 0) is 10.4 Å². The molecule has 0 atom stereocenters. The summed E-state index contributed by atoms with van der Waals surface area (Å²) in [4.78, 5) is 10.5. The molecule has 0 radical (unpaired) electrons. The number of rotatable bonds is 2. The first-order valence-corrected chi connectivity index (χ1v) is 5.04. The molecule has 1 aliphatic carbocycles. The van der Waals surface area contributed by atoms with Gasteiger partial charge in [0, 0.05) is 0 Å². The zero-order chi connectivity index (χ0) is 9.47. The van der Waals surface area contributed by atoms with Crippen molar-refractivity contribution in [1.29, 1.82) is 0 Å². The lowest BCUT2D eigenvalue weighted by atomic mass is 9.68. The Labute approximate surface area is 79.6 Å². The number of aliphatic hydroxyl groups is 1. The van der Waals surface area contributed by atoms with Crippen LogP contribution in [0.2, 0.25) is 0 Å². The van der Waals surface area contributed by atoms with Gasteiger partial charge in [0.15, 0.2) is 0 Å². The van der Waals surface area contributed by atoms with Crippen LogP contribution in [0, 0.1) is 5.92 Å². The number of carboxylic acids is 1. The second-order valence-electron chi connectivity index (χ2n) is 3.49. The van der Waals surface area contributed by atoms with Gasteiger partial charge < -0.3 is 10.2 Å². The maximum absolute atomic E-state index is 10.5. The summed E-state index contributed by atoms with van der Waals surface area (Å²) in [6.45, 7) is 0. The quantitative estimate of drug-likeness (QED) is 0.755. The molecular formula is C9H10O3S. The van der Waals surface area contributed by atoms with Gasteiger partial charge in [-0.3, -0.25) is 4.79 Å². The van der Waals surface area contributed by atoms with Gasteiger partial charge in [-0.25, -0.2) is 0 Å². The highest BCUT2D eigenvalue weighted by Gasteiger charge is 2.47. The van der Waals surface area contributed by atoms with Crippen LogP contribution in [0.1, 0.15) is 18.4 Å². The van der Waals surface area contributed by atoms with E-state index in [2.05, 4.69) is 0 Å². The van der Waals surface area contributed by atoms with Crippen molar-refractivity contribution in [1.82, 2.24) is 0 Å². The number of aliphatic carboxylic acids is 1. The third kappa shape index (κ3) is 1.36. The van der Waals surface area contributed by atoms with Gasteiger partial charge in [0.1, 0.15) is 0 Å². The van der Waals surface area contributed by atoms with Gasteiger partial charge in [-0.05, 0) is 35.2 Å². The number of thiophene rings is 1. The van der Waals surface area contributed by atoms with Crippen molar-refractivity contribution in [3.05, 3.63) is 22.4 Å². The molecule has 1 fully saturated rings. The van der Waals surface area contributed by atoms with E-state index in [0.29, 0.717) is 12.8 Å². The molecular weight excluding hydrogens is 188 g/mol. The Balaban J connectivity index is 2.08. The first-order chi connectivity index (χ1) is 6.12. The second-order valence-corrected chi connectivity index (χ2v) is 4.27. The molecule has 0 aromatic carbocycles. The molecule has 0 bridgehead atoms. The average molecular weight is 198 g/mol. The highest BCUT2D eigenvalue weighted by atomic mass is 32.1. The maximum Gasteiger partial charge on any atom is 0.306 e. The van der Waals surface area contributed by atoms with E-state index < -0.39 is 11.6 Å². The molecule has 1 aromatic rings. The summed E-state index contributed by atoms with van der Waals surface area (Å²) in [5.41, 5.74) is -0.0155. The van der Waals surface area contributed by atoms with Crippen molar-refractivity contribution in [2.75, 3.05) is 0 Å². The Morgan fingerprint density at radius 2 is 2.31 bits per heavy atom. The Hall–Kier alpha value is -0.870. The standard InChI is InChI=1S/C9H10O3S/c10-8(11)6-3-9(12,4-6)7-1-2-13-5-7/h1-2,5-6,12H,3-4H2,(H,10,11). The van der Waals surface area contributed by atoms with Gasteiger partial charge in [-0.2, -0.15) is 11.3 Å². The summed E-state index contributed by atoms with van der Waals surface area (Å²) in [5.74, 6) is -1.18. The number of carbonyl (C=O) groups is 1. The molecule has 4 heteroatoms. The molecule has 1 aromatic heterocycles. The summed E-state index contributed by atoms with van der Waals surface area (Å²) in [7, 11) is 0. The van der Waals surface area contributed by atoms with Crippen LogP contribution >= 0.6 is 11.3 Å². The molecule has 0 spiro atoms. The molecule has 13 heavy (non-hydrogen) atoms. The Kier molecular flexibility index (Phi) is 1.89. The Morgan fingerprint density at radius 1 is 1.62 bits per heavy atom. The predicted octanol–water partition coefficient (Wildman–Crippen LogP) is 1.43. The van der Waals surface area contributed by atoms with Crippen LogP contribution in [0.4, 0.5) is 0 Å². The molecule has 1 saturated carbocycles. The SMILES string of the molecule is O=C(O)C1CC(O)(c2ccsc2)C1. The molecule has 0 amide bonds. The fourth-order valence-corrected chi connectivity index (χ4v) is 2.44. The Morgan fingerprint density at radius 3 is 2.77 bits per heavy atom. The third-order valence-corrected chi connectivity index (χ3v) is 3.26.